The van der Waals surface area contributed by atoms with Gasteiger partial charge in [-0.25, -0.2) is 0 Å². The van der Waals surface area contributed by atoms with Gasteiger partial charge in [-0.3, -0.25) is 4.99 Å². The lowest BCUT2D eigenvalue weighted by Crippen LogP contribution is -2.32. The van der Waals surface area contributed by atoms with E-state index in [1.807, 2.05) is 0 Å². The molecule has 2 heteroatoms. The zero-order valence-corrected chi connectivity index (χ0v) is 8.16. The molecule has 0 aliphatic carbocycles. The maximum Gasteiger partial charge on any atom is 0.0489 e. The summed E-state index contributed by atoms with van der Waals surface area (Å²) in [5.41, 5.74) is 3.92. The molecule has 0 aromatic heterocycles. The molecule has 0 bridgehead atoms. The summed E-state index contributed by atoms with van der Waals surface area (Å²) in [6.07, 6.45) is 2.54. The summed E-state index contributed by atoms with van der Waals surface area (Å²) < 4.78 is 0. The first-order valence-electron chi connectivity index (χ1n) is 5.33. The van der Waals surface area contributed by atoms with E-state index in [1.165, 1.54) is 29.8 Å². The Morgan fingerprint density at radius 3 is 3.21 bits per heavy atom. The largest absolute Gasteiger partial charge is 0.384 e. The maximum atomic E-state index is 4.67. The first-order valence-corrected chi connectivity index (χ1v) is 5.33. The number of rotatable bonds is 0. The Hall–Kier alpha value is -1.31. The van der Waals surface area contributed by atoms with Crippen molar-refractivity contribution < 1.29 is 0 Å². The van der Waals surface area contributed by atoms with Gasteiger partial charge in [-0.05, 0) is 18.9 Å². The highest BCUT2D eigenvalue weighted by molar-refractivity contribution is 6.08. The monoisotopic (exact) mass is 186 g/mol. The molecule has 3 rings (SSSR count). The Morgan fingerprint density at radius 1 is 1.29 bits per heavy atom. The number of nitrogens with zero attached hydrogens (tertiary/aromatic N) is 1. The minimum atomic E-state index is 0.652. The quantitative estimate of drug-likeness (QED) is 0.660. The second-order valence-electron chi connectivity index (χ2n) is 4.03. The first kappa shape index (κ1) is 8.04. The number of anilines is 1. The van der Waals surface area contributed by atoms with Crippen LogP contribution in [-0.2, 0) is 0 Å². The third-order valence-electron chi connectivity index (χ3n) is 3.12. The summed E-state index contributed by atoms with van der Waals surface area (Å²) in [5.74, 6) is 0.652. The minimum absolute atomic E-state index is 0.652. The van der Waals surface area contributed by atoms with Crippen molar-refractivity contribution in [1.82, 2.24) is 0 Å². The summed E-state index contributed by atoms with van der Waals surface area (Å²) in [7, 11) is 0. The molecule has 2 aliphatic rings. The van der Waals surface area contributed by atoms with E-state index < -0.39 is 0 Å². The number of nitrogens with one attached hydrogen (secondary N) is 1. The van der Waals surface area contributed by atoms with E-state index in [4.69, 9.17) is 0 Å². The Labute approximate surface area is 84.1 Å². The third-order valence-corrected chi connectivity index (χ3v) is 3.12. The summed E-state index contributed by atoms with van der Waals surface area (Å²) in [4.78, 5) is 4.67. The fourth-order valence-electron chi connectivity index (χ4n) is 2.40. The molecule has 1 aromatic carbocycles. The fraction of sp³-hybridized carbons (Fsp3) is 0.417. The van der Waals surface area contributed by atoms with Gasteiger partial charge >= 0.3 is 0 Å². The molecule has 1 aromatic rings. The topological polar surface area (TPSA) is 24.4 Å². The highest BCUT2D eigenvalue weighted by atomic mass is 14.9. The van der Waals surface area contributed by atoms with Crippen LogP contribution in [-0.4, -0.2) is 18.8 Å². The third kappa shape index (κ3) is 1.14. The van der Waals surface area contributed by atoms with Crippen LogP contribution in [0.5, 0.6) is 0 Å². The van der Waals surface area contributed by atoms with Gasteiger partial charge < -0.3 is 5.32 Å². The van der Waals surface area contributed by atoms with Gasteiger partial charge in [0.25, 0.3) is 0 Å². The van der Waals surface area contributed by atoms with Gasteiger partial charge in [-0.1, -0.05) is 18.2 Å². The predicted molar refractivity (Wildman–Crippen MR) is 59.1 cm³/mol. The van der Waals surface area contributed by atoms with E-state index in [0.717, 1.165) is 13.1 Å². The number of hydrogen-bond donors (Lipinski definition) is 1. The predicted octanol–water partition coefficient (Wildman–Crippen LogP) is 2.31. The van der Waals surface area contributed by atoms with Crippen LogP contribution in [0.2, 0.25) is 0 Å². The average molecular weight is 186 g/mol. The molecular weight excluding hydrogens is 172 g/mol. The molecule has 1 unspecified atom stereocenters. The Balaban J connectivity index is 2.11. The van der Waals surface area contributed by atoms with Crippen LogP contribution >= 0.6 is 0 Å². The SMILES string of the molecule is c1ccc2c(c1)NCC1CCCN=C21. The smallest absolute Gasteiger partial charge is 0.0489 e. The molecule has 14 heavy (non-hydrogen) atoms. The average Bonchev–Trinajstić information content (AvgIpc) is 2.29. The van der Waals surface area contributed by atoms with Crippen LogP contribution in [0.4, 0.5) is 5.69 Å². The standard InChI is InChI=1S/C12H14N2/c1-2-6-11-10(5-1)12-9(8-14-11)4-3-7-13-12/h1-2,5-6,9,14H,3-4,7-8H2. The van der Waals surface area contributed by atoms with E-state index in [2.05, 4.69) is 34.6 Å². The molecule has 0 saturated heterocycles. The van der Waals surface area contributed by atoms with Crippen molar-refractivity contribution in [2.45, 2.75) is 12.8 Å². The van der Waals surface area contributed by atoms with Gasteiger partial charge in [0.15, 0.2) is 0 Å². The molecule has 1 N–H and O–H groups in total. The molecule has 1 atom stereocenters. The van der Waals surface area contributed by atoms with Gasteiger partial charge in [-0.2, -0.15) is 0 Å². The minimum Gasteiger partial charge on any atom is -0.384 e. The number of benzene rings is 1. The molecule has 0 amide bonds. The van der Waals surface area contributed by atoms with Gasteiger partial charge in [0.05, 0.1) is 0 Å². The van der Waals surface area contributed by atoms with Crippen molar-refractivity contribution >= 4 is 11.4 Å². The normalized spacial score (nSPS) is 24.3. The maximum absolute atomic E-state index is 4.67. The summed E-state index contributed by atoms with van der Waals surface area (Å²) in [6, 6.07) is 8.50. The zero-order chi connectivity index (χ0) is 9.38. The number of hydrogen-bond acceptors (Lipinski definition) is 2. The van der Waals surface area contributed by atoms with Crippen molar-refractivity contribution in [2.75, 3.05) is 18.4 Å². The molecular formula is C12H14N2. The summed E-state index contributed by atoms with van der Waals surface area (Å²) in [6.45, 7) is 2.08. The molecule has 2 heterocycles. The van der Waals surface area contributed by atoms with Crippen LogP contribution in [0.15, 0.2) is 29.3 Å². The van der Waals surface area contributed by atoms with E-state index >= 15 is 0 Å². The van der Waals surface area contributed by atoms with Crippen LogP contribution in [0.25, 0.3) is 0 Å². The highest BCUT2D eigenvalue weighted by Gasteiger charge is 2.26. The summed E-state index contributed by atoms with van der Waals surface area (Å²) in [5, 5.41) is 3.48. The Bertz CT molecular complexity index is 382. The summed E-state index contributed by atoms with van der Waals surface area (Å²) >= 11 is 0. The van der Waals surface area contributed by atoms with E-state index in [1.54, 1.807) is 0 Å². The number of fused-ring (bicyclic) bond motifs is 3. The Kier molecular flexibility index (Phi) is 1.79. The first-order chi connectivity index (χ1) is 6.95. The molecule has 0 saturated carbocycles. The van der Waals surface area contributed by atoms with E-state index in [0.29, 0.717) is 5.92 Å². The fourth-order valence-corrected chi connectivity index (χ4v) is 2.40. The number of aliphatic imine (C=N–C) groups is 1. The molecule has 0 spiro atoms. The number of para-hydroxylation sites is 1. The van der Waals surface area contributed by atoms with E-state index in [-0.39, 0.29) is 0 Å². The molecule has 0 radical (unpaired) electrons. The second-order valence-corrected chi connectivity index (χ2v) is 4.03. The van der Waals surface area contributed by atoms with E-state index in [9.17, 15) is 0 Å². The van der Waals surface area contributed by atoms with Crippen LogP contribution in [0, 0.1) is 5.92 Å². The Morgan fingerprint density at radius 2 is 2.21 bits per heavy atom. The van der Waals surface area contributed by atoms with Crippen LogP contribution < -0.4 is 5.32 Å². The van der Waals surface area contributed by atoms with Gasteiger partial charge in [0, 0.05) is 36.0 Å². The van der Waals surface area contributed by atoms with Crippen molar-refractivity contribution in [3.05, 3.63) is 29.8 Å². The highest BCUT2D eigenvalue weighted by Crippen LogP contribution is 2.29. The molecule has 72 valence electrons. The molecule has 0 fully saturated rings. The lowest BCUT2D eigenvalue weighted by Gasteiger charge is -2.30. The lowest BCUT2D eigenvalue weighted by atomic mass is 9.86. The lowest BCUT2D eigenvalue weighted by molar-refractivity contribution is 0.584. The van der Waals surface area contributed by atoms with Crippen molar-refractivity contribution in [3.8, 4) is 0 Å². The second kappa shape index (κ2) is 3.12. The van der Waals surface area contributed by atoms with Gasteiger partial charge in [-0.15, -0.1) is 0 Å². The van der Waals surface area contributed by atoms with Gasteiger partial charge in [0.2, 0.25) is 0 Å². The zero-order valence-electron chi connectivity index (χ0n) is 8.16. The van der Waals surface area contributed by atoms with Crippen molar-refractivity contribution in [2.24, 2.45) is 10.9 Å². The van der Waals surface area contributed by atoms with Crippen LogP contribution in [0.1, 0.15) is 18.4 Å². The van der Waals surface area contributed by atoms with Crippen LogP contribution in [0.3, 0.4) is 0 Å². The van der Waals surface area contributed by atoms with Gasteiger partial charge in [0.1, 0.15) is 0 Å². The molecule has 2 nitrogen and oxygen atoms in total. The van der Waals surface area contributed by atoms with Crippen molar-refractivity contribution in [1.29, 1.82) is 0 Å². The molecule has 2 aliphatic heterocycles. The van der Waals surface area contributed by atoms with Crippen molar-refractivity contribution in [3.63, 3.8) is 0 Å².